The fraction of sp³-hybridized carbons (Fsp3) is 0.357. The predicted octanol–water partition coefficient (Wildman–Crippen LogP) is 2.41. The molecule has 0 aliphatic carbocycles. The number of aromatic nitrogens is 3. The number of nitrogens with two attached hydrogens (primary N) is 1. The number of anilines is 2. The molecule has 0 fully saturated rings. The average molecular weight is 275 g/mol. The van der Waals surface area contributed by atoms with Gasteiger partial charge in [-0.1, -0.05) is 0 Å². The number of halogens is 1. The molecular formula is C14H18FN5. The first-order chi connectivity index (χ1) is 9.53. The minimum atomic E-state index is -0.316. The second-order valence-corrected chi connectivity index (χ2v) is 4.51. The monoisotopic (exact) mass is 275 g/mol. The van der Waals surface area contributed by atoms with Gasteiger partial charge in [0.2, 0.25) is 11.9 Å². The molecule has 2 rings (SSSR count). The molecule has 2 aromatic rings. The van der Waals surface area contributed by atoms with E-state index >= 15 is 0 Å². The normalized spacial score (nSPS) is 10.6. The molecule has 0 bridgehead atoms. The Hall–Kier alpha value is -2.24. The molecule has 0 saturated carbocycles. The number of hydrogen-bond donors (Lipinski definition) is 1. The van der Waals surface area contributed by atoms with E-state index in [1.807, 2.05) is 31.7 Å². The van der Waals surface area contributed by atoms with E-state index in [2.05, 4.69) is 15.0 Å². The van der Waals surface area contributed by atoms with Gasteiger partial charge in [0.1, 0.15) is 5.82 Å². The van der Waals surface area contributed by atoms with Crippen LogP contribution >= 0.6 is 0 Å². The molecule has 20 heavy (non-hydrogen) atoms. The summed E-state index contributed by atoms with van der Waals surface area (Å²) in [6.07, 6.45) is 0. The van der Waals surface area contributed by atoms with E-state index in [0.29, 0.717) is 17.3 Å². The Bertz CT molecular complexity index is 590. The van der Waals surface area contributed by atoms with Crippen LogP contribution in [-0.4, -0.2) is 28.0 Å². The van der Waals surface area contributed by atoms with E-state index < -0.39 is 0 Å². The van der Waals surface area contributed by atoms with Crippen molar-refractivity contribution < 1.29 is 4.39 Å². The molecule has 1 aromatic carbocycles. The Morgan fingerprint density at radius 3 is 2.40 bits per heavy atom. The van der Waals surface area contributed by atoms with E-state index in [9.17, 15) is 4.39 Å². The van der Waals surface area contributed by atoms with E-state index in [4.69, 9.17) is 5.73 Å². The fourth-order valence-electron chi connectivity index (χ4n) is 2.02. The van der Waals surface area contributed by atoms with E-state index in [-0.39, 0.29) is 11.8 Å². The highest BCUT2D eigenvalue weighted by molar-refractivity contribution is 5.59. The molecule has 0 atom stereocenters. The summed E-state index contributed by atoms with van der Waals surface area (Å²) in [6, 6.07) is 4.68. The average Bonchev–Trinajstić information content (AvgIpc) is 2.38. The van der Waals surface area contributed by atoms with Crippen LogP contribution in [0.1, 0.15) is 19.4 Å². The Balaban J connectivity index is 2.51. The summed E-state index contributed by atoms with van der Waals surface area (Å²) in [5.41, 5.74) is 7.15. The van der Waals surface area contributed by atoms with Gasteiger partial charge in [-0.15, -0.1) is 0 Å². The molecule has 5 nitrogen and oxygen atoms in total. The fourth-order valence-corrected chi connectivity index (χ4v) is 2.02. The van der Waals surface area contributed by atoms with Crippen molar-refractivity contribution in [3.8, 4) is 11.4 Å². The summed E-state index contributed by atoms with van der Waals surface area (Å²) in [6.45, 7) is 7.37. The molecular weight excluding hydrogens is 257 g/mol. The Kier molecular flexibility index (Phi) is 4.12. The number of rotatable bonds is 4. The van der Waals surface area contributed by atoms with Gasteiger partial charge < -0.3 is 10.6 Å². The highest BCUT2D eigenvalue weighted by atomic mass is 19.1. The van der Waals surface area contributed by atoms with E-state index in [1.165, 1.54) is 12.1 Å². The Labute approximate surface area is 117 Å². The van der Waals surface area contributed by atoms with Crippen LogP contribution in [0.15, 0.2) is 18.2 Å². The van der Waals surface area contributed by atoms with Crippen molar-refractivity contribution in [2.45, 2.75) is 20.8 Å². The lowest BCUT2D eigenvalue weighted by atomic mass is 10.1. The number of benzene rings is 1. The van der Waals surface area contributed by atoms with Crippen molar-refractivity contribution in [3.63, 3.8) is 0 Å². The van der Waals surface area contributed by atoms with Crippen LogP contribution in [0.3, 0.4) is 0 Å². The summed E-state index contributed by atoms with van der Waals surface area (Å²) >= 11 is 0. The summed E-state index contributed by atoms with van der Waals surface area (Å²) in [5.74, 6) is 0.726. The molecule has 0 amide bonds. The van der Waals surface area contributed by atoms with Gasteiger partial charge in [0.05, 0.1) is 0 Å². The van der Waals surface area contributed by atoms with Crippen LogP contribution in [0, 0.1) is 12.7 Å². The maximum atomic E-state index is 13.5. The van der Waals surface area contributed by atoms with Gasteiger partial charge in [0.25, 0.3) is 0 Å². The highest BCUT2D eigenvalue weighted by Gasteiger charge is 2.12. The van der Waals surface area contributed by atoms with Crippen molar-refractivity contribution in [2.24, 2.45) is 0 Å². The number of aryl methyl sites for hydroxylation is 1. The van der Waals surface area contributed by atoms with Crippen LogP contribution in [0.2, 0.25) is 0 Å². The molecule has 1 heterocycles. The van der Waals surface area contributed by atoms with Crippen LogP contribution in [0.5, 0.6) is 0 Å². The second kappa shape index (κ2) is 5.81. The Morgan fingerprint density at radius 1 is 1.10 bits per heavy atom. The van der Waals surface area contributed by atoms with Crippen molar-refractivity contribution in [1.29, 1.82) is 0 Å². The van der Waals surface area contributed by atoms with Crippen molar-refractivity contribution in [2.75, 3.05) is 23.7 Å². The number of nitrogen functional groups attached to an aromatic ring is 1. The van der Waals surface area contributed by atoms with Gasteiger partial charge in [0, 0.05) is 18.7 Å². The topological polar surface area (TPSA) is 67.9 Å². The SMILES string of the molecule is CCN(CC)c1nc(N)nc(-c2cc(C)cc(F)c2)n1. The molecule has 2 N–H and O–H groups in total. The maximum absolute atomic E-state index is 13.5. The zero-order valence-corrected chi connectivity index (χ0v) is 11.9. The zero-order chi connectivity index (χ0) is 14.7. The molecule has 1 aromatic heterocycles. The molecule has 0 aliphatic rings. The molecule has 0 radical (unpaired) electrons. The van der Waals surface area contributed by atoms with Crippen LogP contribution < -0.4 is 10.6 Å². The Morgan fingerprint density at radius 2 is 1.80 bits per heavy atom. The van der Waals surface area contributed by atoms with E-state index in [1.54, 1.807) is 0 Å². The van der Waals surface area contributed by atoms with E-state index in [0.717, 1.165) is 18.7 Å². The molecule has 0 aliphatic heterocycles. The van der Waals surface area contributed by atoms with Gasteiger partial charge >= 0.3 is 0 Å². The number of nitrogens with zero attached hydrogens (tertiary/aromatic N) is 4. The third kappa shape index (κ3) is 3.01. The second-order valence-electron chi connectivity index (χ2n) is 4.51. The third-order valence-electron chi connectivity index (χ3n) is 2.99. The first-order valence-electron chi connectivity index (χ1n) is 6.57. The first kappa shape index (κ1) is 14.2. The zero-order valence-electron chi connectivity index (χ0n) is 11.9. The highest BCUT2D eigenvalue weighted by Crippen LogP contribution is 2.21. The largest absolute Gasteiger partial charge is 0.368 e. The lowest BCUT2D eigenvalue weighted by Crippen LogP contribution is -2.25. The molecule has 6 heteroatoms. The standard InChI is InChI=1S/C14H18FN5/c1-4-20(5-2)14-18-12(17-13(16)19-14)10-6-9(3)7-11(15)8-10/h6-8H,4-5H2,1-3H3,(H2,16,17,18,19). The van der Waals surface area contributed by atoms with Gasteiger partial charge in [-0.3, -0.25) is 0 Å². The molecule has 106 valence electrons. The minimum absolute atomic E-state index is 0.138. The molecule has 0 spiro atoms. The minimum Gasteiger partial charge on any atom is -0.368 e. The molecule has 0 unspecified atom stereocenters. The predicted molar refractivity (Wildman–Crippen MR) is 77.9 cm³/mol. The number of hydrogen-bond acceptors (Lipinski definition) is 5. The summed E-state index contributed by atoms with van der Waals surface area (Å²) in [4.78, 5) is 14.6. The maximum Gasteiger partial charge on any atom is 0.230 e. The summed E-state index contributed by atoms with van der Waals surface area (Å²) < 4.78 is 13.5. The van der Waals surface area contributed by atoms with Crippen LogP contribution in [0.4, 0.5) is 16.3 Å². The summed E-state index contributed by atoms with van der Waals surface area (Å²) in [5, 5.41) is 0. The van der Waals surface area contributed by atoms with Gasteiger partial charge in [-0.25, -0.2) is 4.39 Å². The van der Waals surface area contributed by atoms with Crippen LogP contribution in [-0.2, 0) is 0 Å². The van der Waals surface area contributed by atoms with Crippen molar-refractivity contribution in [3.05, 3.63) is 29.6 Å². The van der Waals surface area contributed by atoms with Crippen molar-refractivity contribution in [1.82, 2.24) is 15.0 Å². The van der Waals surface area contributed by atoms with Gasteiger partial charge in [-0.2, -0.15) is 15.0 Å². The first-order valence-corrected chi connectivity index (χ1v) is 6.57. The quantitative estimate of drug-likeness (QED) is 0.928. The van der Waals surface area contributed by atoms with Gasteiger partial charge in [-0.05, 0) is 44.5 Å². The lowest BCUT2D eigenvalue weighted by Gasteiger charge is -2.18. The molecule has 0 saturated heterocycles. The third-order valence-corrected chi connectivity index (χ3v) is 2.99. The lowest BCUT2D eigenvalue weighted by molar-refractivity contribution is 0.627. The smallest absolute Gasteiger partial charge is 0.230 e. The van der Waals surface area contributed by atoms with Crippen LogP contribution in [0.25, 0.3) is 11.4 Å². The summed E-state index contributed by atoms with van der Waals surface area (Å²) in [7, 11) is 0. The van der Waals surface area contributed by atoms with Gasteiger partial charge in [0.15, 0.2) is 5.82 Å². The van der Waals surface area contributed by atoms with Crippen molar-refractivity contribution >= 4 is 11.9 Å².